The summed E-state index contributed by atoms with van der Waals surface area (Å²) in [5, 5.41) is 5.73. The van der Waals surface area contributed by atoms with Crippen LogP contribution in [0.3, 0.4) is 0 Å². The van der Waals surface area contributed by atoms with Crippen molar-refractivity contribution in [1.82, 2.24) is 15.1 Å². The van der Waals surface area contributed by atoms with Gasteiger partial charge >= 0.3 is 0 Å². The number of hydrogen-bond donors (Lipinski definition) is 1. The van der Waals surface area contributed by atoms with Crippen molar-refractivity contribution < 1.29 is 4.74 Å². The van der Waals surface area contributed by atoms with Gasteiger partial charge in [0.15, 0.2) is 5.96 Å². The molecule has 1 atom stereocenters. The molecule has 5 nitrogen and oxygen atoms in total. The molecular formula is C21H31IN4OS. The van der Waals surface area contributed by atoms with E-state index in [1.54, 1.807) is 0 Å². The molecule has 1 aromatic heterocycles. The van der Waals surface area contributed by atoms with E-state index in [2.05, 4.69) is 75.0 Å². The van der Waals surface area contributed by atoms with Gasteiger partial charge < -0.3 is 15.0 Å². The van der Waals surface area contributed by atoms with Crippen LogP contribution in [0.5, 0.6) is 0 Å². The Morgan fingerprint density at radius 3 is 2.61 bits per heavy atom. The minimum Gasteiger partial charge on any atom is -0.379 e. The Kier molecular flexibility index (Phi) is 10.3. The molecule has 1 N–H and O–H groups in total. The minimum atomic E-state index is 0. The lowest BCUT2D eigenvalue weighted by Gasteiger charge is -2.35. The number of nitrogens with zero attached hydrogens (tertiary/aromatic N) is 3. The molecule has 2 heterocycles. The summed E-state index contributed by atoms with van der Waals surface area (Å²) in [5.74, 6) is 0.945. The number of guanidine groups is 1. The highest BCUT2D eigenvalue weighted by molar-refractivity contribution is 14.0. The van der Waals surface area contributed by atoms with Gasteiger partial charge in [-0.15, -0.1) is 35.3 Å². The summed E-state index contributed by atoms with van der Waals surface area (Å²) >= 11 is 1.81. The molecule has 1 aliphatic heterocycles. The molecule has 3 rings (SSSR count). The number of morpholine rings is 1. The minimum absolute atomic E-state index is 0. The summed E-state index contributed by atoms with van der Waals surface area (Å²) in [6.45, 7) is 5.33. The Morgan fingerprint density at radius 2 is 1.96 bits per heavy atom. The van der Waals surface area contributed by atoms with E-state index < -0.39 is 0 Å². The largest absolute Gasteiger partial charge is 0.379 e. The lowest BCUT2D eigenvalue weighted by molar-refractivity contribution is 0.0169. The standard InChI is InChI=1S/C21H30N4OS.HI/c1-22-21(24(2)11-10-19-9-6-16-27-19)23-17-20(18-7-4-3-5-8-18)25-12-14-26-15-13-25;/h3-9,16,20H,10-15,17H2,1-2H3,(H,22,23);1H. The Labute approximate surface area is 189 Å². The lowest BCUT2D eigenvalue weighted by atomic mass is 10.0. The molecule has 1 unspecified atom stereocenters. The number of rotatable bonds is 7. The SMILES string of the molecule is CN=C(NCC(c1ccccc1)N1CCOCC1)N(C)CCc1cccs1.I. The van der Waals surface area contributed by atoms with Gasteiger partial charge in [0.1, 0.15) is 0 Å². The second-order valence-corrected chi connectivity index (χ2v) is 7.79. The summed E-state index contributed by atoms with van der Waals surface area (Å²) in [5.41, 5.74) is 1.34. The molecule has 1 fully saturated rings. The predicted molar refractivity (Wildman–Crippen MR) is 129 cm³/mol. The van der Waals surface area contributed by atoms with Crippen LogP contribution in [-0.2, 0) is 11.2 Å². The Bertz CT molecular complexity index is 690. The molecule has 0 saturated carbocycles. The Hall–Kier alpha value is -1.16. The molecule has 154 valence electrons. The zero-order chi connectivity index (χ0) is 18.9. The molecule has 1 aromatic carbocycles. The van der Waals surface area contributed by atoms with Gasteiger partial charge in [0.05, 0.1) is 19.3 Å². The first-order chi connectivity index (χ1) is 13.3. The first-order valence-corrected chi connectivity index (χ1v) is 10.5. The fourth-order valence-corrected chi connectivity index (χ4v) is 4.13. The summed E-state index contributed by atoms with van der Waals surface area (Å²) in [7, 11) is 3.96. The van der Waals surface area contributed by atoms with Crippen molar-refractivity contribution in [3.8, 4) is 0 Å². The van der Waals surface area contributed by atoms with E-state index in [1.165, 1.54) is 10.4 Å². The van der Waals surface area contributed by atoms with E-state index in [9.17, 15) is 0 Å². The monoisotopic (exact) mass is 514 g/mol. The normalized spacial score (nSPS) is 16.3. The maximum atomic E-state index is 5.55. The third-order valence-corrected chi connectivity index (χ3v) is 5.91. The maximum Gasteiger partial charge on any atom is 0.193 e. The van der Waals surface area contributed by atoms with Gasteiger partial charge in [0.25, 0.3) is 0 Å². The third kappa shape index (κ3) is 6.72. The third-order valence-electron chi connectivity index (χ3n) is 4.97. The zero-order valence-electron chi connectivity index (χ0n) is 16.7. The highest BCUT2D eigenvalue weighted by Crippen LogP contribution is 2.21. The fraction of sp³-hybridized carbons (Fsp3) is 0.476. The fourth-order valence-electron chi connectivity index (χ4n) is 3.43. The Balaban J connectivity index is 0.00000280. The van der Waals surface area contributed by atoms with Crippen LogP contribution < -0.4 is 5.32 Å². The number of ether oxygens (including phenoxy) is 1. The topological polar surface area (TPSA) is 40.1 Å². The first-order valence-electron chi connectivity index (χ1n) is 9.59. The van der Waals surface area contributed by atoms with E-state index in [1.807, 2.05) is 18.4 Å². The van der Waals surface area contributed by atoms with E-state index in [4.69, 9.17) is 4.74 Å². The molecule has 0 spiro atoms. The molecule has 0 bridgehead atoms. The first kappa shape index (κ1) is 23.1. The quantitative estimate of drug-likeness (QED) is 0.349. The summed E-state index contributed by atoms with van der Waals surface area (Å²) in [4.78, 5) is 10.6. The van der Waals surface area contributed by atoms with Crippen molar-refractivity contribution in [2.24, 2.45) is 4.99 Å². The van der Waals surface area contributed by atoms with Gasteiger partial charge in [-0.25, -0.2) is 0 Å². The van der Waals surface area contributed by atoms with Gasteiger partial charge in [-0.3, -0.25) is 9.89 Å². The van der Waals surface area contributed by atoms with Crippen LogP contribution in [0.15, 0.2) is 52.8 Å². The molecule has 28 heavy (non-hydrogen) atoms. The second-order valence-electron chi connectivity index (χ2n) is 6.75. The summed E-state index contributed by atoms with van der Waals surface area (Å²) in [6, 6.07) is 15.4. The van der Waals surface area contributed by atoms with Crippen LogP contribution in [0, 0.1) is 0 Å². The summed E-state index contributed by atoms with van der Waals surface area (Å²) < 4.78 is 5.55. The van der Waals surface area contributed by atoms with Crippen molar-refractivity contribution in [3.05, 3.63) is 58.3 Å². The van der Waals surface area contributed by atoms with E-state index >= 15 is 0 Å². The van der Waals surface area contributed by atoms with Crippen LogP contribution in [-0.4, -0.2) is 69.2 Å². The van der Waals surface area contributed by atoms with Crippen LogP contribution in [0.25, 0.3) is 0 Å². The van der Waals surface area contributed by atoms with Crippen molar-refractivity contribution in [2.75, 3.05) is 53.5 Å². The lowest BCUT2D eigenvalue weighted by Crippen LogP contribution is -2.47. The highest BCUT2D eigenvalue weighted by atomic mass is 127. The van der Waals surface area contributed by atoms with Crippen molar-refractivity contribution >= 4 is 41.3 Å². The van der Waals surface area contributed by atoms with Gasteiger partial charge in [0, 0.05) is 45.2 Å². The molecular weight excluding hydrogens is 483 g/mol. The van der Waals surface area contributed by atoms with Gasteiger partial charge in [-0.2, -0.15) is 0 Å². The van der Waals surface area contributed by atoms with E-state index in [0.717, 1.165) is 51.8 Å². The average Bonchev–Trinajstić information content (AvgIpc) is 3.24. The van der Waals surface area contributed by atoms with E-state index in [0.29, 0.717) is 6.04 Å². The number of aliphatic imine (C=N–C) groups is 1. The molecule has 1 saturated heterocycles. The molecule has 7 heteroatoms. The van der Waals surface area contributed by atoms with Crippen molar-refractivity contribution in [3.63, 3.8) is 0 Å². The average molecular weight is 514 g/mol. The number of benzene rings is 1. The molecule has 0 aliphatic carbocycles. The number of halogens is 1. The summed E-state index contributed by atoms with van der Waals surface area (Å²) in [6.07, 6.45) is 1.04. The second kappa shape index (κ2) is 12.4. The zero-order valence-corrected chi connectivity index (χ0v) is 19.9. The number of nitrogens with one attached hydrogen (secondary N) is 1. The maximum absolute atomic E-state index is 5.55. The number of likely N-dealkylation sites (N-methyl/N-ethyl adjacent to an activating group) is 1. The van der Waals surface area contributed by atoms with Crippen LogP contribution >= 0.6 is 35.3 Å². The van der Waals surface area contributed by atoms with Gasteiger partial charge in [-0.05, 0) is 23.4 Å². The number of thiophene rings is 1. The Morgan fingerprint density at radius 1 is 1.21 bits per heavy atom. The molecule has 1 aliphatic rings. The number of hydrogen-bond acceptors (Lipinski definition) is 4. The van der Waals surface area contributed by atoms with Gasteiger partial charge in [-0.1, -0.05) is 36.4 Å². The van der Waals surface area contributed by atoms with Crippen molar-refractivity contribution in [2.45, 2.75) is 12.5 Å². The van der Waals surface area contributed by atoms with Gasteiger partial charge in [0.2, 0.25) is 0 Å². The predicted octanol–water partition coefficient (Wildman–Crippen LogP) is 3.49. The molecule has 0 amide bonds. The molecule has 2 aromatic rings. The van der Waals surface area contributed by atoms with Crippen LogP contribution in [0.1, 0.15) is 16.5 Å². The highest BCUT2D eigenvalue weighted by Gasteiger charge is 2.23. The van der Waals surface area contributed by atoms with Crippen molar-refractivity contribution in [1.29, 1.82) is 0 Å². The van der Waals surface area contributed by atoms with Crippen LogP contribution in [0.4, 0.5) is 0 Å². The van der Waals surface area contributed by atoms with E-state index in [-0.39, 0.29) is 24.0 Å². The smallest absolute Gasteiger partial charge is 0.193 e. The molecule has 0 radical (unpaired) electrons. The van der Waals surface area contributed by atoms with Crippen LogP contribution in [0.2, 0.25) is 0 Å².